The number of imidazole rings is 1. The largest absolute Gasteiger partial charge is 0.424 e. The van der Waals surface area contributed by atoms with Crippen LogP contribution in [0.2, 0.25) is 0 Å². The summed E-state index contributed by atoms with van der Waals surface area (Å²) in [6.07, 6.45) is 3.45. The van der Waals surface area contributed by atoms with Gasteiger partial charge in [0, 0.05) is 31.7 Å². The summed E-state index contributed by atoms with van der Waals surface area (Å²) in [6.45, 7) is 2.58. The molecule has 0 atom stereocenters. The van der Waals surface area contributed by atoms with Crippen molar-refractivity contribution >= 4 is 22.7 Å². The smallest absolute Gasteiger partial charge is 0.321 e. The lowest BCUT2D eigenvalue weighted by Gasteiger charge is -2.08. The Balaban J connectivity index is 1.43. The Hall–Kier alpha value is -3.61. The molecule has 0 aliphatic carbocycles. The van der Waals surface area contributed by atoms with Crippen LogP contribution in [0.5, 0.6) is 11.8 Å². The van der Waals surface area contributed by atoms with Gasteiger partial charge in [0.05, 0.1) is 11.0 Å². The predicted molar refractivity (Wildman–Crippen MR) is 106 cm³/mol. The topological polar surface area (TPSA) is 90.9 Å². The second-order valence-electron chi connectivity index (χ2n) is 6.39. The fraction of sp³-hybridized carbons (Fsp3) is 0.150. The summed E-state index contributed by atoms with van der Waals surface area (Å²) in [7, 11) is 1.97. The third-order valence-electron chi connectivity index (χ3n) is 4.25. The molecular formula is C20H20N6O. The molecule has 0 bridgehead atoms. The summed E-state index contributed by atoms with van der Waals surface area (Å²) in [6, 6.07) is 13.8. The summed E-state index contributed by atoms with van der Waals surface area (Å²) in [4.78, 5) is 12.9. The molecule has 4 rings (SSSR count). The summed E-state index contributed by atoms with van der Waals surface area (Å²) in [5.74, 6) is 1.49. The van der Waals surface area contributed by atoms with E-state index in [-0.39, 0.29) is 0 Å². The minimum Gasteiger partial charge on any atom is -0.424 e. The standard InChI is InChI=1S/C20H20N6O/c1-13-10-23-20(24-11-13)27-16-6-3-14(4-7-16)12-22-19-25-17-8-5-15(21)9-18(17)26(19)2/h3-11H,12,21H2,1-2H3,(H,22,25). The monoisotopic (exact) mass is 360 g/mol. The molecule has 0 aliphatic heterocycles. The molecule has 3 N–H and O–H groups in total. The third kappa shape index (κ3) is 3.67. The van der Waals surface area contributed by atoms with Crippen LogP contribution in [0.3, 0.4) is 0 Å². The van der Waals surface area contributed by atoms with Crippen molar-refractivity contribution in [1.29, 1.82) is 0 Å². The van der Waals surface area contributed by atoms with Crippen LogP contribution in [0.1, 0.15) is 11.1 Å². The number of nitrogens with zero attached hydrogens (tertiary/aromatic N) is 4. The highest BCUT2D eigenvalue weighted by molar-refractivity contribution is 5.81. The van der Waals surface area contributed by atoms with Gasteiger partial charge in [-0.25, -0.2) is 15.0 Å². The molecule has 7 heteroatoms. The number of anilines is 2. The number of aromatic nitrogens is 4. The van der Waals surface area contributed by atoms with Gasteiger partial charge in [-0.1, -0.05) is 12.1 Å². The Kier molecular flexibility index (Phi) is 4.33. The molecule has 2 aromatic heterocycles. The lowest BCUT2D eigenvalue weighted by Crippen LogP contribution is -2.05. The minimum atomic E-state index is 0.338. The first kappa shape index (κ1) is 16.8. The lowest BCUT2D eigenvalue weighted by atomic mass is 10.2. The normalized spacial score (nSPS) is 10.9. The molecule has 2 aromatic carbocycles. The van der Waals surface area contributed by atoms with Gasteiger partial charge < -0.3 is 20.4 Å². The van der Waals surface area contributed by atoms with Gasteiger partial charge in [0.2, 0.25) is 5.95 Å². The fourth-order valence-electron chi connectivity index (χ4n) is 2.76. The van der Waals surface area contributed by atoms with Crippen LogP contribution in [-0.2, 0) is 13.6 Å². The zero-order valence-corrected chi connectivity index (χ0v) is 15.2. The molecule has 0 saturated carbocycles. The molecular weight excluding hydrogens is 340 g/mol. The first-order chi connectivity index (χ1) is 13.1. The van der Waals surface area contributed by atoms with Crippen molar-refractivity contribution in [3.63, 3.8) is 0 Å². The molecule has 4 aromatic rings. The van der Waals surface area contributed by atoms with Crippen molar-refractivity contribution in [2.24, 2.45) is 7.05 Å². The molecule has 2 heterocycles. The van der Waals surface area contributed by atoms with Crippen LogP contribution in [0, 0.1) is 6.92 Å². The third-order valence-corrected chi connectivity index (χ3v) is 4.25. The van der Waals surface area contributed by atoms with Gasteiger partial charge in [0.1, 0.15) is 5.75 Å². The summed E-state index contributed by atoms with van der Waals surface area (Å²) in [5, 5.41) is 3.36. The Morgan fingerprint density at radius 3 is 2.56 bits per heavy atom. The van der Waals surface area contributed by atoms with Crippen molar-refractivity contribution < 1.29 is 4.74 Å². The zero-order chi connectivity index (χ0) is 18.8. The number of nitrogens with one attached hydrogen (secondary N) is 1. The molecule has 0 spiro atoms. The summed E-state index contributed by atoms with van der Waals surface area (Å²) in [5.41, 5.74) is 10.6. The molecule has 0 radical (unpaired) electrons. The number of aryl methyl sites for hydroxylation is 2. The average Bonchev–Trinajstić information content (AvgIpc) is 2.98. The van der Waals surface area contributed by atoms with Crippen molar-refractivity contribution in [2.45, 2.75) is 13.5 Å². The van der Waals surface area contributed by atoms with Gasteiger partial charge in [-0.15, -0.1) is 0 Å². The predicted octanol–water partition coefficient (Wildman–Crippen LogP) is 3.66. The van der Waals surface area contributed by atoms with Crippen LogP contribution in [-0.4, -0.2) is 19.5 Å². The minimum absolute atomic E-state index is 0.338. The quantitative estimate of drug-likeness (QED) is 0.528. The Morgan fingerprint density at radius 2 is 1.81 bits per heavy atom. The highest BCUT2D eigenvalue weighted by atomic mass is 16.5. The van der Waals surface area contributed by atoms with E-state index in [0.717, 1.165) is 33.8 Å². The Morgan fingerprint density at radius 1 is 1.07 bits per heavy atom. The van der Waals surface area contributed by atoms with E-state index in [1.165, 1.54) is 0 Å². The lowest BCUT2D eigenvalue weighted by molar-refractivity contribution is 0.441. The number of nitrogens with two attached hydrogens (primary N) is 1. The number of ether oxygens (including phenoxy) is 1. The Labute approximate surface area is 156 Å². The zero-order valence-electron chi connectivity index (χ0n) is 15.2. The molecule has 0 saturated heterocycles. The maximum Gasteiger partial charge on any atom is 0.321 e. The summed E-state index contributed by atoms with van der Waals surface area (Å²) >= 11 is 0. The first-order valence-electron chi connectivity index (χ1n) is 8.60. The van der Waals surface area contributed by atoms with Crippen LogP contribution in [0.25, 0.3) is 11.0 Å². The maximum absolute atomic E-state index is 5.86. The number of rotatable bonds is 5. The van der Waals surface area contributed by atoms with Gasteiger partial charge in [-0.3, -0.25) is 0 Å². The second-order valence-corrected chi connectivity index (χ2v) is 6.39. The summed E-state index contributed by atoms with van der Waals surface area (Å²) < 4.78 is 7.65. The number of benzene rings is 2. The van der Waals surface area contributed by atoms with Gasteiger partial charge in [-0.05, 0) is 48.4 Å². The van der Waals surface area contributed by atoms with E-state index in [0.29, 0.717) is 18.3 Å². The SMILES string of the molecule is Cc1cnc(Oc2ccc(CNc3nc4ccc(N)cc4n3C)cc2)nc1. The molecule has 0 aliphatic rings. The van der Waals surface area contributed by atoms with Gasteiger partial charge in [-0.2, -0.15) is 0 Å². The van der Waals surface area contributed by atoms with E-state index in [1.807, 2.05) is 61.0 Å². The highest BCUT2D eigenvalue weighted by Crippen LogP contribution is 2.22. The fourth-order valence-corrected chi connectivity index (χ4v) is 2.76. The van der Waals surface area contributed by atoms with E-state index >= 15 is 0 Å². The van der Waals surface area contributed by atoms with Crippen LogP contribution in [0.4, 0.5) is 11.6 Å². The maximum atomic E-state index is 5.86. The van der Waals surface area contributed by atoms with Crippen molar-refractivity contribution in [3.05, 3.63) is 66.0 Å². The average molecular weight is 360 g/mol. The molecule has 136 valence electrons. The van der Waals surface area contributed by atoms with E-state index in [2.05, 4.69) is 20.3 Å². The van der Waals surface area contributed by atoms with Gasteiger partial charge >= 0.3 is 6.01 Å². The van der Waals surface area contributed by atoms with Crippen molar-refractivity contribution in [3.8, 4) is 11.8 Å². The first-order valence-corrected chi connectivity index (χ1v) is 8.60. The number of hydrogen-bond acceptors (Lipinski definition) is 6. The molecule has 0 amide bonds. The Bertz CT molecular complexity index is 1070. The van der Waals surface area contributed by atoms with E-state index < -0.39 is 0 Å². The van der Waals surface area contributed by atoms with Crippen molar-refractivity contribution in [2.75, 3.05) is 11.1 Å². The van der Waals surface area contributed by atoms with E-state index in [1.54, 1.807) is 12.4 Å². The van der Waals surface area contributed by atoms with Crippen LogP contribution < -0.4 is 15.8 Å². The van der Waals surface area contributed by atoms with Gasteiger partial charge in [0.25, 0.3) is 0 Å². The van der Waals surface area contributed by atoms with Crippen LogP contribution >= 0.6 is 0 Å². The molecule has 7 nitrogen and oxygen atoms in total. The number of nitrogen functional groups attached to an aromatic ring is 1. The number of fused-ring (bicyclic) bond motifs is 1. The van der Waals surface area contributed by atoms with E-state index in [4.69, 9.17) is 10.5 Å². The molecule has 27 heavy (non-hydrogen) atoms. The van der Waals surface area contributed by atoms with Crippen LogP contribution in [0.15, 0.2) is 54.9 Å². The van der Waals surface area contributed by atoms with Gasteiger partial charge in [0.15, 0.2) is 0 Å². The highest BCUT2D eigenvalue weighted by Gasteiger charge is 2.08. The second kappa shape index (κ2) is 6.95. The van der Waals surface area contributed by atoms with Crippen molar-refractivity contribution in [1.82, 2.24) is 19.5 Å². The number of hydrogen-bond donors (Lipinski definition) is 2. The van der Waals surface area contributed by atoms with E-state index in [9.17, 15) is 0 Å². The molecule has 0 unspecified atom stereocenters. The molecule has 0 fully saturated rings.